The van der Waals surface area contributed by atoms with Crippen LogP contribution in [0.3, 0.4) is 0 Å². The third kappa shape index (κ3) is 6.19. The molecular formula is C22H29NO. The molecule has 0 aliphatic rings. The minimum absolute atomic E-state index is 0.246. The Morgan fingerprint density at radius 3 is 2.17 bits per heavy atom. The Kier molecular flexibility index (Phi) is 6.19. The van der Waals surface area contributed by atoms with E-state index in [-0.39, 0.29) is 6.10 Å². The summed E-state index contributed by atoms with van der Waals surface area (Å²) >= 11 is 0. The monoisotopic (exact) mass is 323 g/mol. The van der Waals surface area contributed by atoms with Gasteiger partial charge in [-0.2, -0.15) is 0 Å². The molecule has 0 aromatic heterocycles. The molecule has 0 saturated carbocycles. The molecule has 2 rings (SSSR count). The smallest absolute Gasteiger partial charge is 0.119 e. The molecule has 2 aromatic carbocycles. The highest BCUT2D eigenvalue weighted by molar-refractivity contribution is 5.82. The van der Waals surface area contributed by atoms with Crippen LogP contribution >= 0.6 is 0 Å². The lowest BCUT2D eigenvalue weighted by Crippen LogP contribution is -2.09. The molecule has 128 valence electrons. The van der Waals surface area contributed by atoms with Gasteiger partial charge in [-0.15, -0.1) is 0 Å². The van der Waals surface area contributed by atoms with Crippen LogP contribution in [0, 0.1) is 5.41 Å². The second kappa shape index (κ2) is 8.14. The average molecular weight is 323 g/mol. The molecule has 0 saturated heterocycles. The number of nitrogens with zero attached hydrogens (tertiary/aromatic N) is 1. The van der Waals surface area contributed by atoms with Crippen molar-refractivity contribution in [2.45, 2.75) is 53.6 Å². The van der Waals surface area contributed by atoms with Crippen molar-refractivity contribution in [1.82, 2.24) is 0 Å². The Morgan fingerprint density at radius 1 is 1.00 bits per heavy atom. The van der Waals surface area contributed by atoms with Gasteiger partial charge in [-0.05, 0) is 72.7 Å². The van der Waals surface area contributed by atoms with E-state index in [9.17, 15) is 0 Å². The van der Waals surface area contributed by atoms with Crippen molar-refractivity contribution in [2.75, 3.05) is 0 Å². The number of aliphatic imine (C=N–C) groups is 1. The summed E-state index contributed by atoms with van der Waals surface area (Å²) in [5.74, 6) is 0.910. The lowest BCUT2D eigenvalue weighted by Gasteiger charge is -2.17. The molecule has 1 atom stereocenters. The van der Waals surface area contributed by atoms with Crippen LogP contribution in [0.2, 0.25) is 0 Å². The Labute approximate surface area is 146 Å². The molecular weight excluding hydrogens is 294 g/mol. The largest absolute Gasteiger partial charge is 0.491 e. The van der Waals surface area contributed by atoms with E-state index in [2.05, 4.69) is 63.9 Å². The first kappa shape index (κ1) is 18.3. The predicted molar refractivity (Wildman–Crippen MR) is 104 cm³/mol. The van der Waals surface area contributed by atoms with E-state index >= 15 is 0 Å². The van der Waals surface area contributed by atoms with Crippen molar-refractivity contribution < 1.29 is 4.74 Å². The molecule has 0 fully saturated rings. The summed E-state index contributed by atoms with van der Waals surface area (Å²) < 4.78 is 5.79. The molecule has 2 aromatic rings. The summed E-state index contributed by atoms with van der Waals surface area (Å²) in [5.41, 5.74) is 3.72. The van der Waals surface area contributed by atoms with Gasteiger partial charge < -0.3 is 4.74 Å². The van der Waals surface area contributed by atoms with E-state index in [4.69, 9.17) is 4.74 Å². The Morgan fingerprint density at radius 2 is 1.62 bits per heavy atom. The topological polar surface area (TPSA) is 21.6 Å². The summed E-state index contributed by atoms with van der Waals surface area (Å²) in [6.07, 6.45) is 4.23. The third-order valence-corrected chi connectivity index (χ3v) is 3.83. The van der Waals surface area contributed by atoms with Gasteiger partial charge in [0.15, 0.2) is 0 Å². The number of hydrogen-bond donors (Lipinski definition) is 0. The first-order chi connectivity index (χ1) is 11.4. The zero-order valence-electron chi connectivity index (χ0n) is 15.5. The van der Waals surface area contributed by atoms with E-state index in [0.717, 1.165) is 29.8 Å². The maximum Gasteiger partial charge on any atom is 0.119 e. The summed E-state index contributed by atoms with van der Waals surface area (Å²) in [6.45, 7) is 11.0. The second-order valence-electron chi connectivity index (χ2n) is 7.57. The highest BCUT2D eigenvalue weighted by atomic mass is 16.5. The van der Waals surface area contributed by atoms with Crippen molar-refractivity contribution in [3.05, 3.63) is 59.7 Å². The molecule has 0 aliphatic carbocycles. The Hall–Kier alpha value is -2.09. The molecule has 0 aliphatic heterocycles. The molecule has 24 heavy (non-hydrogen) atoms. The van der Waals surface area contributed by atoms with Crippen molar-refractivity contribution in [1.29, 1.82) is 0 Å². The van der Waals surface area contributed by atoms with Gasteiger partial charge in [0.25, 0.3) is 0 Å². The molecule has 0 heterocycles. The molecule has 2 nitrogen and oxygen atoms in total. The van der Waals surface area contributed by atoms with Crippen LogP contribution in [0.15, 0.2) is 53.5 Å². The Bertz CT molecular complexity index is 648. The van der Waals surface area contributed by atoms with Gasteiger partial charge in [0, 0.05) is 6.21 Å². The first-order valence-corrected chi connectivity index (χ1v) is 8.75. The quantitative estimate of drug-likeness (QED) is 0.580. The van der Waals surface area contributed by atoms with Gasteiger partial charge >= 0.3 is 0 Å². The zero-order chi connectivity index (χ0) is 17.6. The van der Waals surface area contributed by atoms with Gasteiger partial charge in [-0.1, -0.05) is 39.8 Å². The van der Waals surface area contributed by atoms with Gasteiger partial charge in [0.2, 0.25) is 0 Å². The van der Waals surface area contributed by atoms with E-state index in [0.29, 0.717) is 5.41 Å². The summed E-state index contributed by atoms with van der Waals surface area (Å²) in [7, 11) is 0. The fourth-order valence-electron chi connectivity index (χ4n) is 2.41. The minimum Gasteiger partial charge on any atom is -0.491 e. The summed E-state index contributed by atoms with van der Waals surface area (Å²) in [6, 6.07) is 16.6. The van der Waals surface area contributed by atoms with E-state index in [1.165, 1.54) is 5.56 Å². The molecule has 0 spiro atoms. The molecule has 2 heteroatoms. The fraction of sp³-hybridized carbons (Fsp3) is 0.409. The number of benzene rings is 2. The number of ether oxygens (including phenoxy) is 1. The van der Waals surface area contributed by atoms with Crippen molar-refractivity contribution in [3.8, 4) is 5.75 Å². The SMILES string of the molecule is CCC(C)Oc1ccc(C=Nc2ccc(CC(C)(C)C)cc2)cc1. The molecule has 0 bridgehead atoms. The summed E-state index contributed by atoms with van der Waals surface area (Å²) in [5, 5.41) is 0. The number of hydrogen-bond acceptors (Lipinski definition) is 2. The highest BCUT2D eigenvalue weighted by Gasteiger charge is 2.10. The van der Waals surface area contributed by atoms with Crippen LogP contribution in [-0.4, -0.2) is 12.3 Å². The van der Waals surface area contributed by atoms with E-state index in [1.807, 2.05) is 30.5 Å². The number of rotatable bonds is 6. The van der Waals surface area contributed by atoms with Crippen LogP contribution in [0.1, 0.15) is 52.2 Å². The van der Waals surface area contributed by atoms with Gasteiger partial charge in [0.1, 0.15) is 5.75 Å². The summed E-state index contributed by atoms with van der Waals surface area (Å²) in [4.78, 5) is 4.56. The molecule has 0 radical (unpaired) electrons. The van der Waals surface area contributed by atoms with Crippen molar-refractivity contribution in [3.63, 3.8) is 0 Å². The molecule has 1 unspecified atom stereocenters. The maximum atomic E-state index is 5.79. The van der Waals surface area contributed by atoms with Crippen LogP contribution in [0.25, 0.3) is 0 Å². The zero-order valence-corrected chi connectivity index (χ0v) is 15.5. The molecule has 0 amide bonds. The predicted octanol–water partition coefficient (Wildman–Crippen LogP) is 6.20. The average Bonchev–Trinajstić information content (AvgIpc) is 2.54. The lowest BCUT2D eigenvalue weighted by atomic mass is 9.88. The van der Waals surface area contributed by atoms with Crippen LogP contribution in [0.5, 0.6) is 5.75 Å². The standard InChI is InChI=1S/C22H29NO/c1-6-17(2)24-21-13-9-19(10-14-21)16-23-20-11-7-18(8-12-20)15-22(3,4)5/h7-14,16-17H,6,15H2,1-5H3. The van der Waals surface area contributed by atoms with E-state index in [1.54, 1.807) is 0 Å². The third-order valence-electron chi connectivity index (χ3n) is 3.83. The highest BCUT2D eigenvalue weighted by Crippen LogP contribution is 2.22. The van der Waals surface area contributed by atoms with Crippen molar-refractivity contribution in [2.24, 2.45) is 10.4 Å². The normalized spacial score (nSPS) is 13.2. The minimum atomic E-state index is 0.246. The van der Waals surface area contributed by atoms with Crippen molar-refractivity contribution >= 4 is 11.9 Å². The van der Waals surface area contributed by atoms with Gasteiger partial charge in [-0.3, -0.25) is 4.99 Å². The first-order valence-electron chi connectivity index (χ1n) is 8.75. The van der Waals surface area contributed by atoms with Crippen LogP contribution in [-0.2, 0) is 6.42 Å². The van der Waals surface area contributed by atoms with E-state index < -0.39 is 0 Å². The van der Waals surface area contributed by atoms with Gasteiger partial charge in [0.05, 0.1) is 11.8 Å². The Balaban J connectivity index is 1.97. The second-order valence-corrected chi connectivity index (χ2v) is 7.57. The fourth-order valence-corrected chi connectivity index (χ4v) is 2.41. The van der Waals surface area contributed by atoms with Gasteiger partial charge in [-0.25, -0.2) is 0 Å². The van der Waals surface area contributed by atoms with Crippen LogP contribution in [0.4, 0.5) is 5.69 Å². The maximum absolute atomic E-state index is 5.79. The van der Waals surface area contributed by atoms with Crippen LogP contribution < -0.4 is 4.74 Å². The lowest BCUT2D eigenvalue weighted by molar-refractivity contribution is 0.217. The molecule has 0 N–H and O–H groups in total.